The maximum atomic E-state index is 12.2. The van der Waals surface area contributed by atoms with Crippen molar-refractivity contribution in [2.45, 2.75) is 62.2 Å². The molecule has 0 aromatic heterocycles. The van der Waals surface area contributed by atoms with E-state index < -0.39 is 66.8 Å². The predicted octanol–water partition coefficient (Wildman–Crippen LogP) is 2.88. The van der Waals surface area contributed by atoms with Crippen molar-refractivity contribution in [3.05, 3.63) is 89.5 Å². The summed E-state index contributed by atoms with van der Waals surface area (Å²) in [4.78, 5) is 16.2. The van der Waals surface area contributed by atoms with E-state index >= 15 is 0 Å². The Kier molecular flexibility index (Phi) is 10.9. The SMILES string of the molecule is N=C1C=CC(CCOc2ccc(C3C=C(O)c4c(cc(O[C@@H]5O[C@H](C(=O)O)[C@](O)(CCCO)[C@@H](O)[C@H]5O)c(OCc5cccc(O)c5)c4O)O3)cc2)=N1. The molecule has 3 aromatic rings. The van der Waals surface area contributed by atoms with Gasteiger partial charge in [0.05, 0.1) is 6.61 Å². The number of benzene rings is 3. The van der Waals surface area contributed by atoms with Crippen LogP contribution >= 0.6 is 0 Å². The smallest absolute Gasteiger partial charge is 0.336 e. The van der Waals surface area contributed by atoms with Gasteiger partial charge in [-0.2, -0.15) is 0 Å². The van der Waals surface area contributed by atoms with E-state index in [1.807, 2.05) is 0 Å². The highest BCUT2D eigenvalue weighted by Crippen LogP contribution is 2.51. The molecular weight excluding hydrogens is 696 g/mol. The second kappa shape index (κ2) is 15.5. The average Bonchev–Trinajstić information content (AvgIpc) is 3.55. The van der Waals surface area contributed by atoms with Gasteiger partial charge in [0.1, 0.15) is 64.9 Å². The number of allylic oxidation sites excluding steroid dienone is 1. The number of fused-ring (bicyclic) bond motifs is 1. The van der Waals surface area contributed by atoms with Crippen LogP contribution in [0.4, 0.5) is 0 Å². The summed E-state index contributed by atoms with van der Waals surface area (Å²) in [5.41, 5.74) is -0.893. The third-order valence-electron chi connectivity index (χ3n) is 8.87. The van der Waals surface area contributed by atoms with Crippen LogP contribution in [0.15, 0.2) is 77.8 Å². The number of rotatable bonds is 14. The van der Waals surface area contributed by atoms with E-state index in [-0.39, 0.29) is 47.4 Å². The van der Waals surface area contributed by atoms with E-state index in [1.54, 1.807) is 48.6 Å². The quantitative estimate of drug-likeness (QED) is 0.115. The zero-order chi connectivity index (χ0) is 37.9. The Labute approximate surface area is 302 Å². The summed E-state index contributed by atoms with van der Waals surface area (Å²) in [5, 5.41) is 92.2. The molecule has 0 aliphatic carbocycles. The molecule has 6 rings (SSSR count). The standard InChI is InChI=1S/C37H38N2O14/c38-28-10-7-21(39-28)11-14-49-23-8-5-20(6-9-23)25-16-24(42)29-26(51-25)17-27(32(30(29)43)50-18-19-3-1-4-22(41)15-19)52-36-31(44)33(45)37(48,12-2-13-40)34(53-36)35(46)47/h1,3-10,15-17,25,31,33-34,36,38,40-45,48H,2,11-14,18H2,(H,46,47)/t25?,31-,33+,34-,36-,37+/m1/s1. The number of carboxylic acid groups (broad SMARTS) is 1. The fourth-order valence-corrected chi connectivity index (χ4v) is 6.17. The minimum absolute atomic E-state index is 0.0587. The van der Waals surface area contributed by atoms with Crippen LogP contribution in [0, 0.1) is 5.41 Å². The topological polar surface area (TPSA) is 261 Å². The summed E-state index contributed by atoms with van der Waals surface area (Å²) in [6.07, 6.45) is -4.42. The predicted molar refractivity (Wildman–Crippen MR) is 186 cm³/mol. The number of carboxylic acids is 1. The van der Waals surface area contributed by atoms with Gasteiger partial charge in [0.2, 0.25) is 12.0 Å². The van der Waals surface area contributed by atoms with E-state index in [0.717, 1.165) is 5.71 Å². The van der Waals surface area contributed by atoms with Crippen molar-refractivity contribution in [1.29, 1.82) is 5.41 Å². The minimum atomic E-state index is -2.50. The van der Waals surface area contributed by atoms with Crippen LogP contribution in [0.1, 0.15) is 42.1 Å². The Morgan fingerprint density at radius 1 is 1.02 bits per heavy atom. The molecule has 9 N–H and O–H groups in total. The molecule has 53 heavy (non-hydrogen) atoms. The molecule has 0 saturated carbocycles. The number of aliphatic imine (C=N–C) groups is 1. The van der Waals surface area contributed by atoms with Gasteiger partial charge in [-0.15, -0.1) is 0 Å². The van der Waals surface area contributed by atoms with Crippen molar-refractivity contribution in [3.8, 4) is 34.5 Å². The molecule has 0 bridgehead atoms. The molecule has 1 unspecified atom stereocenters. The van der Waals surface area contributed by atoms with Crippen LogP contribution < -0.4 is 18.9 Å². The van der Waals surface area contributed by atoms with Gasteiger partial charge >= 0.3 is 5.97 Å². The van der Waals surface area contributed by atoms with Gasteiger partial charge < -0.3 is 64.5 Å². The van der Waals surface area contributed by atoms with Crippen LogP contribution in [-0.2, 0) is 16.1 Å². The third-order valence-corrected chi connectivity index (χ3v) is 8.87. The molecule has 16 heteroatoms. The summed E-state index contributed by atoms with van der Waals surface area (Å²) in [7, 11) is 0. The lowest BCUT2D eigenvalue weighted by molar-refractivity contribution is -0.306. The highest BCUT2D eigenvalue weighted by molar-refractivity contribution is 6.14. The number of carbonyl (C=O) groups is 1. The molecule has 3 aliphatic heterocycles. The molecule has 3 heterocycles. The second-order valence-electron chi connectivity index (χ2n) is 12.6. The van der Waals surface area contributed by atoms with Crippen LogP contribution in [0.25, 0.3) is 5.76 Å². The third kappa shape index (κ3) is 7.91. The van der Waals surface area contributed by atoms with Crippen molar-refractivity contribution < 1.29 is 69.3 Å². The highest BCUT2D eigenvalue weighted by atomic mass is 16.7. The van der Waals surface area contributed by atoms with Crippen LogP contribution in [0.3, 0.4) is 0 Å². The van der Waals surface area contributed by atoms with Crippen molar-refractivity contribution in [1.82, 2.24) is 0 Å². The molecule has 280 valence electrons. The molecule has 0 spiro atoms. The summed E-state index contributed by atoms with van der Waals surface area (Å²) in [5.74, 6) is -2.92. The zero-order valence-corrected chi connectivity index (χ0v) is 28.0. The van der Waals surface area contributed by atoms with Crippen molar-refractivity contribution in [2.75, 3.05) is 13.2 Å². The van der Waals surface area contributed by atoms with E-state index in [9.17, 15) is 45.6 Å². The highest BCUT2D eigenvalue weighted by Gasteiger charge is 2.58. The van der Waals surface area contributed by atoms with Crippen LogP contribution in [-0.4, -0.2) is 102 Å². The van der Waals surface area contributed by atoms with E-state index in [1.165, 1.54) is 24.3 Å². The normalized spacial score (nSPS) is 24.8. The number of aromatic hydroxyl groups is 2. The Bertz CT molecular complexity index is 1940. The van der Waals surface area contributed by atoms with Gasteiger partial charge in [0.25, 0.3) is 0 Å². The lowest BCUT2D eigenvalue weighted by atomic mass is 9.80. The van der Waals surface area contributed by atoms with Crippen molar-refractivity contribution in [3.63, 3.8) is 0 Å². The Balaban J connectivity index is 1.28. The number of nitrogens with zero attached hydrogens (tertiary/aromatic N) is 1. The summed E-state index contributed by atoms with van der Waals surface area (Å²) in [6.45, 7) is -0.357. The molecule has 1 saturated heterocycles. The van der Waals surface area contributed by atoms with Gasteiger partial charge in [-0.1, -0.05) is 24.3 Å². The molecular formula is C37H38N2O14. The Morgan fingerprint density at radius 3 is 2.47 bits per heavy atom. The van der Waals surface area contributed by atoms with Gasteiger partial charge in [0.15, 0.2) is 17.6 Å². The number of hydrogen-bond donors (Lipinski definition) is 9. The fourth-order valence-electron chi connectivity index (χ4n) is 6.17. The number of nitrogens with one attached hydrogen (secondary N) is 1. The Hall–Kier alpha value is -5.65. The van der Waals surface area contributed by atoms with Gasteiger partial charge in [-0.05, 0) is 60.4 Å². The van der Waals surface area contributed by atoms with E-state index in [2.05, 4.69) is 4.99 Å². The van der Waals surface area contributed by atoms with Crippen LogP contribution in [0.5, 0.6) is 34.5 Å². The first-order valence-electron chi connectivity index (χ1n) is 16.6. The maximum Gasteiger partial charge on any atom is 0.336 e. The van der Waals surface area contributed by atoms with Gasteiger partial charge in [-0.25, -0.2) is 9.79 Å². The summed E-state index contributed by atoms with van der Waals surface area (Å²) >= 11 is 0. The number of phenolic OH excluding ortho intramolecular Hbond substituents is 2. The molecule has 1 fully saturated rings. The van der Waals surface area contributed by atoms with Crippen molar-refractivity contribution >= 4 is 23.3 Å². The lowest BCUT2D eigenvalue weighted by Gasteiger charge is -2.46. The molecule has 3 aliphatic rings. The van der Waals surface area contributed by atoms with Crippen molar-refractivity contribution in [2.24, 2.45) is 4.99 Å². The number of hydrogen-bond acceptors (Lipinski definition) is 14. The van der Waals surface area contributed by atoms with Crippen LogP contribution in [0.2, 0.25) is 0 Å². The molecule has 6 atom stereocenters. The number of ether oxygens (including phenoxy) is 5. The molecule has 16 nitrogen and oxygen atoms in total. The average molecular weight is 735 g/mol. The molecule has 3 aromatic carbocycles. The number of aliphatic hydroxyl groups is 5. The fraction of sp³-hybridized carbons (Fsp3) is 0.324. The number of phenols is 2. The zero-order valence-electron chi connectivity index (χ0n) is 28.0. The van der Waals surface area contributed by atoms with Gasteiger partial charge in [-0.3, -0.25) is 5.41 Å². The Morgan fingerprint density at radius 2 is 1.79 bits per heavy atom. The first kappa shape index (κ1) is 37.1. The maximum absolute atomic E-state index is 12.2. The van der Waals surface area contributed by atoms with E-state index in [4.69, 9.17) is 29.1 Å². The molecule has 0 amide bonds. The number of aliphatic carboxylic acids is 1. The van der Waals surface area contributed by atoms with Gasteiger partial charge in [0, 0.05) is 30.9 Å². The second-order valence-corrected chi connectivity index (χ2v) is 12.6. The molecule has 0 radical (unpaired) electrons. The van der Waals surface area contributed by atoms with E-state index in [0.29, 0.717) is 29.9 Å². The first-order valence-corrected chi connectivity index (χ1v) is 16.6. The first-order chi connectivity index (χ1) is 25.4. The minimum Gasteiger partial charge on any atom is -0.508 e. The monoisotopic (exact) mass is 734 g/mol. The summed E-state index contributed by atoms with van der Waals surface area (Å²) in [6, 6.07) is 14.1. The number of amidine groups is 1. The lowest BCUT2D eigenvalue weighted by Crippen LogP contribution is -2.68. The summed E-state index contributed by atoms with van der Waals surface area (Å²) < 4.78 is 29.2. The number of aliphatic hydroxyl groups excluding tert-OH is 4. The largest absolute Gasteiger partial charge is 0.508 e.